The Morgan fingerprint density at radius 2 is 2.17 bits per heavy atom. The Balaban J connectivity index is 2.57. The average molecular weight is 268 g/mol. The monoisotopic (exact) mass is 268 g/mol. The van der Waals surface area contributed by atoms with Gasteiger partial charge in [0.15, 0.2) is 0 Å². The molecular formula is C14H24N2OS. The van der Waals surface area contributed by atoms with Crippen molar-refractivity contribution in [2.45, 2.75) is 46.1 Å². The first kappa shape index (κ1) is 15.2. The fourth-order valence-electron chi connectivity index (χ4n) is 2.11. The summed E-state index contributed by atoms with van der Waals surface area (Å²) in [5, 5.41) is 5.16. The van der Waals surface area contributed by atoms with E-state index < -0.39 is 5.41 Å². The molecule has 1 amide bonds. The van der Waals surface area contributed by atoms with Gasteiger partial charge in [0.2, 0.25) is 5.91 Å². The maximum absolute atomic E-state index is 12.3. The molecule has 0 fully saturated rings. The molecule has 3 N–H and O–H groups in total. The highest BCUT2D eigenvalue weighted by Gasteiger charge is 2.33. The third kappa shape index (κ3) is 3.56. The molecule has 1 unspecified atom stereocenters. The highest BCUT2D eigenvalue weighted by atomic mass is 32.1. The summed E-state index contributed by atoms with van der Waals surface area (Å²) >= 11 is 1.73. The molecule has 0 aromatic carbocycles. The third-order valence-electron chi connectivity index (χ3n) is 3.69. The van der Waals surface area contributed by atoms with Gasteiger partial charge in [0, 0.05) is 23.9 Å². The van der Waals surface area contributed by atoms with E-state index in [0.717, 1.165) is 19.3 Å². The number of nitrogens with one attached hydrogen (secondary N) is 1. The van der Waals surface area contributed by atoms with Gasteiger partial charge in [-0.1, -0.05) is 19.9 Å². The molecule has 1 aromatic heterocycles. The van der Waals surface area contributed by atoms with Crippen molar-refractivity contribution in [3.05, 3.63) is 22.4 Å². The topological polar surface area (TPSA) is 55.1 Å². The van der Waals surface area contributed by atoms with E-state index in [1.54, 1.807) is 11.3 Å². The van der Waals surface area contributed by atoms with Crippen molar-refractivity contribution >= 4 is 17.2 Å². The van der Waals surface area contributed by atoms with Crippen LogP contribution in [0.4, 0.5) is 0 Å². The van der Waals surface area contributed by atoms with Crippen molar-refractivity contribution in [3.63, 3.8) is 0 Å². The molecule has 0 bridgehead atoms. The predicted molar refractivity (Wildman–Crippen MR) is 77.7 cm³/mol. The van der Waals surface area contributed by atoms with Crippen molar-refractivity contribution in [1.29, 1.82) is 0 Å². The zero-order chi connectivity index (χ0) is 13.6. The van der Waals surface area contributed by atoms with Crippen LogP contribution in [0.3, 0.4) is 0 Å². The molecule has 0 aliphatic rings. The number of hydrogen-bond acceptors (Lipinski definition) is 3. The molecular weight excluding hydrogens is 244 g/mol. The van der Waals surface area contributed by atoms with Crippen LogP contribution in [0.2, 0.25) is 0 Å². The first-order chi connectivity index (χ1) is 8.57. The molecule has 0 aliphatic carbocycles. The minimum Gasteiger partial charge on any atom is -0.353 e. The second kappa shape index (κ2) is 6.90. The van der Waals surface area contributed by atoms with Crippen LogP contribution in [0.5, 0.6) is 0 Å². The van der Waals surface area contributed by atoms with Gasteiger partial charge in [0.25, 0.3) is 0 Å². The van der Waals surface area contributed by atoms with Gasteiger partial charge in [-0.05, 0) is 31.2 Å². The Morgan fingerprint density at radius 1 is 1.50 bits per heavy atom. The summed E-state index contributed by atoms with van der Waals surface area (Å²) in [6.45, 7) is 6.52. The number of hydrogen-bond donors (Lipinski definition) is 2. The van der Waals surface area contributed by atoms with E-state index in [4.69, 9.17) is 5.73 Å². The highest BCUT2D eigenvalue weighted by molar-refractivity contribution is 7.09. The van der Waals surface area contributed by atoms with Gasteiger partial charge in [-0.15, -0.1) is 11.3 Å². The van der Waals surface area contributed by atoms with Crippen LogP contribution in [-0.2, 0) is 11.2 Å². The van der Waals surface area contributed by atoms with Crippen LogP contribution in [0, 0.1) is 5.41 Å². The van der Waals surface area contributed by atoms with Crippen molar-refractivity contribution < 1.29 is 4.79 Å². The Hall–Kier alpha value is -0.870. The predicted octanol–water partition coefficient (Wildman–Crippen LogP) is 2.56. The van der Waals surface area contributed by atoms with E-state index in [9.17, 15) is 4.79 Å². The van der Waals surface area contributed by atoms with E-state index in [0.29, 0.717) is 6.54 Å². The Labute approximate surface area is 114 Å². The second-order valence-corrected chi connectivity index (χ2v) is 5.88. The van der Waals surface area contributed by atoms with Crippen molar-refractivity contribution in [1.82, 2.24) is 5.32 Å². The summed E-state index contributed by atoms with van der Waals surface area (Å²) < 4.78 is 0. The number of thiophene rings is 1. The minimum absolute atomic E-state index is 0.0963. The molecule has 1 heterocycles. The molecule has 0 radical (unpaired) electrons. The zero-order valence-corrected chi connectivity index (χ0v) is 12.3. The third-order valence-corrected chi connectivity index (χ3v) is 4.59. The lowest BCUT2D eigenvalue weighted by atomic mass is 9.81. The molecule has 0 saturated heterocycles. The van der Waals surface area contributed by atoms with Crippen molar-refractivity contribution in [2.24, 2.45) is 11.1 Å². The quantitative estimate of drug-likeness (QED) is 0.798. The van der Waals surface area contributed by atoms with E-state index in [1.165, 1.54) is 4.88 Å². The molecule has 0 saturated carbocycles. The SMILES string of the molecule is CCC(CC)(CN)C(=O)NC(C)Cc1cccs1. The summed E-state index contributed by atoms with van der Waals surface area (Å²) in [6.07, 6.45) is 2.46. The Kier molecular flexibility index (Phi) is 5.82. The van der Waals surface area contributed by atoms with Gasteiger partial charge in [0.05, 0.1) is 5.41 Å². The van der Waals surface area contributed by atoms with Crippen LogP contribution in [0.25, 0.3) is 0 Å². The molecule has 18 heavy (non-hydrogen) atoms. The van der Waals surface area contributed by atoms with Gasteiger partial charge in [-0.3, -0.25) is 4.79 Å². The standard InChI is InChI=1S/C14H24N2OS/c1-4-14(5-2,10-15)13(17)16-11(3)9-12-7-6-8-18-12/h6-8,11H,4-5,9-10,15H2,1-3H3,(H,16,17). The summed E-state index contributed by atoms with van der Waals surface area (Å²) in [5.41, 5.74) is 5.38. The first-order valence-electron chi connectivity index (χ1n) is 6.61. The molecule has 1 rings (SSSR count). The van der Waals surface area contributed by atoms with Crippen LogP contribution in [0.15, 0.2) is 17.5 Å². The molecule has 4 heteroatoms. The summed E-state index contributed by atoms with van der Waals surface area (Å²) in [7, 11) is 0. The average Bonchev–Trinajstić information content (AvgIpc) is 2.84. The molecule has 1 aromatic rings. The van der Waals surface area contributed by atoms with Gasteiger partial charge >= 0.3 is 0 Å². The van der Waals surface area contributed by atoms with E-state index in [2.05, 4.69) is 16.8 Å². The largest absolute Gasteiger partial charge is 0.353 e. The number of rotatable bonds is 7. The first-order valence-corrected chi connectivity index (χ1v) is 7.49. The summed E-state index contributed by atoms with van der Waals surface area (Å²) in [5.74, 6) is 0.0963. The van der Waals surface area contributed by atoms with Crippen LogP contribution < -0.4 is 11.1 Å². The van der Waals surface area contributed by atoms with Crippen molar-refractivity contribution in [2.75, 3.05) is 6.54 Å². The lowest BCUT2D eigenvalue weighted by Crippen LogP contribution is -2.48. The van der Waals surface area contributed by atoms with Gasteiger partial charge < -0.3 is 11.1 Å². The fraction of sp³-hybridized carbons (Fsp3) is 0.643. The number of carbonyl (C=O) groups excluding carboxylic acids is 1. The number of amides is 1. The Bertz CT molecular complexity index is 350. The van der Waals surface area contributed by atoms with Gasteiger partial charge in [-0.25, -0.2) is 0 Å². The van der Waals surface area contributed by atoms with E-state index >= 15 is 0 Å². The maximum atomic E-state index is 12.3. The van der Waals surface area contributed by atoms with E-state index in [-0.39, 0.29) is 11.9 Å². The number of carbonyl (C=O) groups is 1. The fourth-order valence-corrected chi connectivity index (χ4v) is 2.95. The molecule has 1 atom stereocenters. The molecule has 0 spiro atoms. The second-order valence-electron chi connectivity index (χ2n) is 4.85. The molecule has 0 aliphatic heterocycles. The van der Waals surface area contributed by atoms with Crippen LogP contribution in [-0.4, -0.2) is 18.5 Å². The minimum atomic E-state index is -0.399. The van der Waals surface area contributed by atoms with Crippen LogP contribution >= 0.6 is 11.3 Å². The van der Waals surface area contributed by atoms with Crippen LogP contribution in [0.1, 0.15) is 38.5 Å². The maximum Gasteiger partial charge on any atom is 0.227 e. The van der Waals surface area contributed by atoms with Gasteiger partial charge in [-0.2, -0.15) is 0 Å². The normalized spacial score (nSPS) is 13.3. The van der Waals surface area contributed by atoms with E-state index in [1.807, 2.05) is 26.8 Å². The number of nitrogens with two attached hydrogens (primary N) is 1. The van der Waals surface area contributed by atoms with Gasteiger partial charge in [0.1, 0.15) is 0 Å². The summed E-state index contributed by atoms with van der Waals surface area (Å²) in [4.78, 5) is 13.6. The molecule has 102 valence electrons. The zero-order valence-electron chi connectivity index (χ0n) is 11.5. The summed E-state index contributed by atoms with van der Waals surface area (Å²) in [6, 6.07) is 4.29. The van der Waals surface area contributed by atoms with Crippen molar-refractivity contribution in [3.8, 4) is 0 Å². The molecule has 3 nitrogen and oxygen atoms in total. The lowest BCUT2D eigenvalue weighted by molar-refractivity contribution is -0.131. The smallest absolute Gasteiger partial charge is 0.227 e. The lowest BCUT2D eigenvalue weighted by Gasteiger charge is -2.30. The Morgan fingerprint density at radius 3 is 2.61 bits per heavy atom. The highest BCUT2D eigenvalue weighted by Crippen LogP contribution is 2.25.